The summed E-state index contributed by atoms with van der Waals surface area (Å²) in [6.45, 7) is 1.67. The number of hydrogen-bond acceptors (Lipinski definition) is 4. The van der Waals surface area contributed by atoms with Crippen LogP contribution in [0.4, 0.5) is 0 Å². The van der Waals surface area contributed by atoms with Crippen LogP contribution in [0.1, 0.15) is 21.7 Å². The van der Waals surface area contributed by atoms with Crippen molar-refractivity contribution >= 4 is 5.97 Å². The van der Waals surface area contributed by atoms with Crippen LogP contribution in [0.5, 0.6) is 0 Å². The van der Waals surface area contributed by atoms with Gasteiger partial charge in [-0.2, -0.15) is 5.10 Å². The Kier molecular flexibility index (Phi) is 2.25. The molecule has 1 aromatic rings. The van der Waals surface area contributed by atoms with E-state index < -0.39 is 0 Å². The van der Waals surface area contributed by atoms with Crippen molar-refractivity contribution in [1.29, 1.82) is 0 Å². The van der Waals surface area contributed by atoms with Crippen LogP contribution in [-0.4, -0.2) is 29.4 Å². The summed E-state index contributed by atoms with van der Waals surface area (Å²) < 4.78 is 6.42. The molecule has 2 heterocycles. The molecule has 0 amide bonds. The van der Waals surface area contributed by atoms with Crippen molar-refractivity contribution in [2.24, 2.45) is 7.05 Å². The molecular weight excluding hydrogens is 182 g/mol. The van der Waals surface area contributed by atoms with E-state index in [0.717, 1.165) is 30.8 Å². The molecule has 1 aliphatic heterocycles. The Labute approximate surface area is 82.0 Å². The Bertz CT molecular complexity index is 370. The number of nitrogens with one attached hydrogen (secondary N) is 1. The minimum atomic E-state index is -0.344. The number of hydrogen-bond donors (Lipinski definition) is 1. The van der Waals surface area contributed by atoms with E-state index in [-0.39, 0.29) is 5.97 Å². The maximum atomic E-state index is 11.4. The average molecular weight is 195 g/mol. The minimum Gasteiger partial charge on any atom is -0.464 e. The SMILES string of the molecule is COC(=O)c1nn(C)c2c1CCNC2. The summed E-state index contributed by atoms with van der Waals surface area (Å²) in [7, 11) is 3.22. The standard InChI is InChI=1S/C9H13N3O2/c1-12-7-5-10-4-3-6(7)8(11-12)9(13)14-2/h10H,3-5H2,1-2H3. The fraction of sp³-hybridized carbons (Fsp3) is 0.556. The first-order chi connectivity index (χ1) is 6.74. The minimum absolute atomic E-state index is 0.344. The number of methoxy groups -OCH3 is 1. The zero-order chi connectivity index (χ0) is 10.1. The van der Waals surface area contributed by atoms with E-state index in [1.807, 2.05) is 7.05 Å². The van der Waals surface area contributed by atoms with Crippen LogP contribution in [0.15, 0.2) is 0 Å². The Morgan fingerprint density at radius 2 is 2.43 bits per heavy atom. The number of fused-ring (bicyclic) bond motifs is 1. The number of ether oxygens (including phenoxy) is 1. The number of nitrogens with zero attached hydrogens (tertiary/aromatic N) is 2. The number of carbonyl (C=O) groups excluding carboxylic acids is 1. The quantitative estimate of drug-likeness (QED) is 0.633. The largest absolute Gasteiger partial charge is 0.464 e. The number of esters is 1. The first-order valence-corrected chi connectivity index (χ1v) is 4.58. The molecule has 0 aliphatic carbocycles. The fourth-order valence-corrected chi connectivity index (χ4v) is 1.77. The Morgan fingerprint density at radius 3 is 3.14 bits per heavy atom. The second-order valence-electron chi connectivity index (χ2n) is 3.32. The summed E-state index contributed by atoms with van der Waals surface area (Å²) in [5.41, 5.74) is 2.57. The van der Waals surface area contributed by atoms with E-state index in [2.05, 4.69) is 15.2 Å². The summed E-state index contributed by atoms with van der Waals surface area (Å²) in [4.78, 5) is 11.4. The molecule has 0 aromatic carbocycles. The third-order valence-electron chi connectivity index (χ3n) is 2.50. The smallest absolute Gasteiger partial charge is 0.358 e. The highest BCUT2D eigenvalue weighted by atomic mass is 16.5. The zero-order valence-corrected chi connectivity index (χ0v) is 8.33. The van der Waals surface area contributed by atoms with Crippen LogP contribution in [0.25, 0.3) is 0 Å². The molecule has 14 heavy (non-hydrogen) atoms. The summed E-state index contributed by atoms with van der Waals surface area (Å²) >= 11 is 0. The van der Waals surface area contributed by atoms with Gasteiger partial charge in [0.05, 0.1) is 12.8 Å². The van der Waals surface area contributed by atoms with Crippen LogP contribution in [-0.2, 0) is 24.8 Å². The molecule has 0 spiro atoms. The lowest BCUT2D eigenvalue weighted by molar-refractivity contribution is 0.0592. The van der Waals surface area contributed by atoms with Gasteiger partial charge < -0.3 is 10.1 Å². The molecule has 1 aromatic heterocycles. The molecule has 1 aliphatic rings. The highest BCUT2D eigenvalue weighted by Crippen LogP contribution is 2.17. The van der Waals surface area contributed by atoms with Crippen molar-refractivity contribution in [3.8, 4) is 0 Å². The van der Waals surface area contributed by atoms with Crippen LogP contribution >= 0.6 is 0 Å². The van der Waals surface area contributed by atoms with Gasteiger partial charge in [0.2, 0.25) is 0 Å². The van der Waals surface area contributed by atoms with Crippen LogP contribution in [0.3, 0.4) is 0 Å². The molecule has 0 unspecified atom stereocenters. The van der Waals surface area contributed by atoms with Crippen molar-refractivity contribution < 1.29 is 9.53 Å². The van der Waals surface area contributed by atoms with Crippen LogP contribution in [0.2, 0.25) is 0 Å². The normalized spacial score (nSPS) is 15.0. The molecule has 5 nitrogen and oxygen atoms in total. The van der Waals surface area contributed by atoms with Gasteiger partial charge in [-0.3, -0.25) is 4.68 Å². The maximum Gasteiger partial charge on any atom is 0.358 e. The Balaban J connectivity index is 2.46. The van der Waals surface area contributed by atoms with E-state index >= 15 is 0 Å². The second kappa shape index (κ2) is 3.42. The van der Waals surface area contributed by atoms with Gasteiger partial charge in [-0.05, 0) is 13.0 Å². The van der Waals surface area contributed by atoms with Gasteiger partial charge in [-0.15, -0.1) is 0 Å². The van der Waals surface area contributed by atoms with Crippen molar-refractivity contribution in [3.05, 3.63) is 17.0 Å². The average Bonchev–Trinajstić information content (AvgIpc) is 2.56. The van der Waals surface area contributed by atoms with Gasteiger partial charge in [-0.1, -0.05) is 0 Å². The highest BCUT2D eigenvalue weighted by Gasteiger charge is 2.23. The first kappa shape index (κ1) is 9.21. The lowest BCUT2D eigenvalue weighted by atomic mass is 10.1. The number of rotatable bonds is 1. The predicted molar refractivity (Wildman–Crippen MR) is 50.0 cm³/mol. The van der Waals surface area contributed by atoms with Crippen molar-refractivity contribution in [2.75, 3.05) is 13.7 Å². The monoisotopic (exact) mass is 195 g/mol. The van der Waals surface area contributed by atoms with E-state index in [4.69, 9.17) is 0 Å². The zero-order valence-electron chi connectivity index (χ0n) is 8.33. The summed E-state index contributed by atoms with van der Waals surface area (Å²) in [6, 6.07) is 0. The molecule has 0 radical (unpaired) electrons. The molecule has 0 fully saturated rings. The second-order valence-corrected chi connectivity index (χ2v) is 3.32. The van der Waals surface area contributed by atoms with E-state index in [0.29, 0.717) is 5.69 Å². The molecule has 0 saturated heterocycles. The molecule has 0 saturated carbocycles. The van der Waals surface area contributed by atoms with Crippen LogP contribution in [0, 0.1) is 0 Å². The molecule has 0 bridgehead atoms. The van der Waals surface area contributed by atoms with Gasteiger partial charge in [0.15, 0.2) is 5.69 Å². The first-order valence-electron chi connectivity index (χ1n) is 4.58. The van der Waals surface area contributed by atoms with Gasteiger partial charge in [0, 0.05) is 19.2 Å². The van der Waals surface area contributed by atoms with E-state index in [9.17, 15) is 4.79 Å². The highest BCUT2D eigenvalue weighted by molar-refractivity contribution is 5.89. The van der Waals surface area contributed by atoms with Crippen molar-refractivity contribution in [3.63, 3.8) is 0 Å². The van der Waals surface area contributed by atoms with E-state index in [1.54, 1.807) is 4.68 Å². The lowest BCUT2D eigenvalue weighted by Crippen LogP contribution is -2.25. The van der Waals surface area contributed by atoms with Crippen molar-refractivity contribution in [1.82, 2.24) is 15.1 Å². The van der Waals surface area contributed by atoms with E-state index in [1.165, 1.54) is 7.11 Å². The fourth-order valence-electron chi connectivity index (χ4n) is 1.77. The van der Waals surface area contributed by atoms with Gasteiger partial charge in [-0.25, -0.2) is 4.79 Å². The van der Waals surface area contributed by atoms with Gasteiger partial charge >= 0.3 is 5.97 Å². The molecule has 5 heteroatoms. The summed E-state index contributed by atoms with van der Waals surface area (Å²) in [6.07, 6.45) is 0.841. The van der Waals surface area contributed by atoms with Gasteiger partial charge in [0.1, 0.15) is 0 Å². The van der Waals surface area contributed by atoms with Crippen LogP contribution < -0.4 is 5.32 Å². The number of carbonyl (C=O) groups is 1. The number of aromatic nitrogens is 2. The summed E-state index contributed by atoms with van der Waals surface area (Å²) in [5, 5.41) is 7.40. The van der Waals surface area contributed by atoms with Gasteiger partial charge in [0.25, 0.3) is 0 Å². The summed E-state index contributed by atoms with van der Waals surface area (Å²) in [5.74, 6) is -0.344. The Morgan fingerprint density at radius 1 is 1.64 bits per heavy atom. The molecule has 1 N–H and O–H groups in total. The lowest BCUT2D eigenvalue weighted by Gasteiger charge is -2.13. The third kappa shape index (κ3) is 1.29. The molecule has 76 valence electrons. The van der Waals surface area contributed by atoms with Crippen molar-refractivity contribution in [2.45, 2.75) is 13.0 Å². The maximum absolute atomic E-state index is 11.4. The topological polar surface area (TPSA) is 56.1 Å². The molecule has 0 atom stereocenters. The number of aryl methyl sites for hydroxylation is 1. The predicted octanol–water partition coefficient (Wildman–Crippen LogP) is -0.148. The third-order valence-corrected chi connectivity index (χ3v) is 2.50. The molecule has 2 rings (SSSR count). The Hall–Kier alpha value is -1.36. The molecular formula is C9H13N3O2.